The van der Waals surface area contributed by atoms with Crippen molar-refractivity contribution in [1.29, 1.82) is 0 Å². The van der Waals surface area contributed by atoms with Crippen molar-refractivity contribution < 1.29 is 8.83 Å². The lowest BCUT2D eigenvalue weighted by Gasteiger charge is -2.52. The lowest BCUT2D eigenvalue weighted by molar-refractivity contribution is 0.0579. The molecule has 3 unspecified atom stereocenters. The Morgan fingerprint density at radius 2 is 0.707 bits per heavy atom. The molecular formula is C79H65NO2. The number of hydrogen-bond donors (Lipinski definition) is 0. The van der Waals surface area contributed by atoms with Gasteiger partial charge < -0.3 is 13.7 Å². The highest BCUT2D eigenvalue weighted by atomic mass is 16.3. The van der Waals surface area contributed by atoms with E-state index in [-0.39, 0.29) is 16.2 Å². The van der Waals surface area contributed by atoms with Crippen molar-refractivity contribution in [2.45, 2.75) is 66.2 Å². The van der Waals surface area contributed by atoms with Crippen LogP contribution in [0.5, 0.6) is 0 Å². The van der Waals surface area contributed by atoms with Crippen molar-refractivity contribution in [3.63, 3.8) is 0 Å². The SMILES string of the molecule is CC(C(C)(C)C)C(C)(c1ccc(-c2ccc3c(c2)C2(c4ccccc4-3)c3ccccc3-c3ccc(N(c4ccc(-c5ccc6oc7ccccc7c6c5)cc4)c4ccc(-c5ccc6oc7ccccc7c6c5)cc4)cc32)cc1)C(C)(C)C. The second kappa shape index (κ2) is 18.2. The van der Waals surface area contributed by atoms with E-state index in [1.165, 1.54) is 61.2 Å². The lowest BCUT2D eigenvalue weighted by Crippen LogP contribution is -2.47. The second-order valence-electron chi connectivity index (χ2n) is 25.5. The third-order valence-electron chi connectivity index (χ3n) is 19.5. The predicted octanol–water partition coefficient (Wildman–Crippen LogP) is 22.3. The smallest absolute Gasteiger partial charge is 0.135 e. The van der Waals surface area contributed by atoms with Gasteiger partial charge in [0, 0.05) is 44.0 Å². The van der Waals surface area contributed by atoms with Gasteiger partial charge in [-0.1, -0.05) is 219 Å². The van der Waals surface area contributed by atoms with Gasteiger partial charge in [0.1, 0.15) is 22.3 Å². The summed E-state index contributed by atoms with van der Waals surface area (Å²) in [5.41, 5.74) is 25.2. The van der Waals surface area contributed by atoms with Gasteiger partial charge >= 0.3 is 0 Å². The first-order chi connectivity index (χ1) is 39.7. The van der Waals surface area contributed by atoms with Crippen LogP contribution in [0.2, 0.25) is 0 Å². The summed E-state index contributed by atoms with van der Waals surface area (Å²) in [7, 11) is 0. The molecule has 0 N–H and O–H groups in total. The molecule has 11 aromatic carbocycles. The van der Waals surface area contributed by atoms with Gasteiger partial charge in [0.15, 0.2) is 0 Å². The van der Waals surface area contributed by atoms with Crippen molar-refractivity contribution in [3.8, 4) is 55.6 Å². The van der Waals surface area contributed by atoms with Gasteiger partial charge in [0.2, 0.25) is 0 Å². The molecule has 0 radical (unpaired) electrons. The van der Waals surface area contributed by atoms with Crippen molar-refractivity contribution >= 4 is 60.9 Å². The molecule has 3 nitrogen and oxygen atoms in total. The van der Waals surface area contributed by atoms with Crippen LogP contribution in [-0.4, -0.2) is 0 Å². The molecule has 0 fully saturated rings. The third-order valence-corrected chi connectivity index (χ3v) is 19.5. The molecule has 13 aromatic rings. The van der Waals surface area contributed by atoms with E-state index in [1.54, 1.807) is 0 Å². The van der Waals surface area contributed by atoms with Gasteiger partial charge in [-0.2, -0.15) is 0 Å². The zero-order valence-corrected chi connectivity index (χ0v) is 47.9. The van der Waals surface area contributed by atoms with Gasteiger partial charge in [0.05, 0.1) is 5.41 Å². The van der Waals surface area contributed by atoms with E-state index in [1.807, 2.05) is 24.3 Å². The highest BCUT2D eigenvalue weighted by Crippen LogP contribution is 2.64. The number of anilines is 3. The fraction of sp³-hybridized carbons (Fsp3) is 0.165. The molecule has 398 valence electrons. The van der Waals surface area contributed by atoms with Crippen LogP contribution in [-0.2, 0) is 10.8 Å². The lowest BCUT2D eigenvalue weighted by atomic mass is 9.53. The van der Waals surface area contributed by atoms with Crippen LogP contribution in [0.25, 0.3) is 99.5 Å². The number of rotatable bonds is 8. The summed E-state index contributed by atoms with van der Waals surface area (Å²) in [6.45, 7) is 19.3. The number of para-hydroxylation sites is 2. The second-order valence-corrected chi connectivity index (χ2v) is 25.5. The minimum atomic E-state index is -0.568. The Morgan fingerprint density at radius 1 is 0.329 bits per heavy atom. The molecule has 1 spiro atoms. The summed E-state index contributed by atoms with van der Waals surface area (Å²) < 4.78 is 12.5. The summed E-state index contributed by atoms with van der Waals surface area (Å²) in [6.07, 6.45) is 0. The van der Waals surface area contributed by atoms with E-state index in [4.69, 9.17) is 8.83 Å². The van der Waals surface area contributed by atoms with Crippen LogP contribution < -0.4 is 4.90 Å². The summed E-state index contributed by atoms with van der Waals surface area (Å²) in [5.74, 6) is 0.446. The van der Waals surface area contributed by atoms with E-state index in [2.05, 4.69) is 279 Å². The van der Waals surface area contributed by atoms with E-state index in [0.717, 1.165) is 83.2 Å². The van der Waals surface area contributed by atoms with E-state index in [0.29, 0.717) is 5.92 Å². The maximum atomic E-state index is 6.24. The molecule has 15 rings (SSSR count). The highest BCUT2D eigenvalue weighted by molar-refractivity contribution is 6.07. The predicted molar refractivity (Wildman–Crippen MR) is 344 cm³/mol. The maximum Gasteiger partial charge on any atom is 0.135 e. The number of hydrogen-bond acceptors (Lipinski definition) is 3. The van der Waals surface area contributed by atoms with E-state index >= 15 is 0 Å². The first kappa shape index (κ1) is 49.8. The third kappa shape index (κ3) is 7.41. The fourth-order valence-electron chi connectivity index (χ4n) is 14.5. The fourth-order valence-corrected chi connectivity index (χ4v) is 14.5. The molecule has 82 heavy (non-hydrogen) atoms. The number of furan rings is 2. The Morgan fingerprint density at radius 3 is 1.21 bits per heavy atom. The van der Waals surface area contributed by atoms with Crippen molar-refractivity contribution in [3.05, 3.63) is 270 Å². The highest BCUT2D eigenvalue weighted by Gasteiger charge is 2.52. The molecule has 2 aromatic heterocycles. The Labute approximate surface area is 481 Å². The number of fused-ring (bicyclic) bond motifs is 16. The quantitative estimate of drug-likeness (QED) is 0.152. The summed E-state index contributed by atoms with van der Waals surface area (Å²) >= 11 is 0. The first-order valence-corrected chi connectivity index (χ1v) is 29.1. The summed E-state index contributed by atoms with van der Waals surface area (Å²) in [4.78, 5) is 2.44. The minimum absolute atomic E-state index is 0.0448. The Balaban J connectivity index is 0.880. The number of benzene rings is 11. The Bertz CT molecular complexity index is 4500. The monoisotopic (exact) mass is 1060 g/mol. The average molecular weight is 1060 g/mol. The molecule has 2 aliphatic rings. The van der Waals surface area contributed by atoms with Gasteiger partial charge in [-0.05, 0) is 179 Å². The zero-order chi connectivity index (χ0) is 55.9. The van der Waals surface area contributed by atoms with Gasteiger partial charge in [0.25, 0.3) is 0 Å². The Kier molecular flexibility index (Phi) is 11.0. The summed E-state index contributed by atoms with van der Waals surface area (Å²) in [6, 6.07) is 90.3. The van der Waals surface area contributed by atoms with Crippen molar-refractivity contribution in [2.75, 3.05) is 4.90 Å². The molecule has 0 aliphatic heterocycles. The largest absolute Gasteiger partial charge is 0.456 e. The number of nitrogens with zero attached hydrogens (tertiary/aromatic N) is 1. The standard InChI is InChI=1S/C79H65NO2/c1-49(76(2,3)4)78(8,77(5,6)7)56-34-25-50(26-35-56)55-31-41-62-60-17-9-13-21-68(60)79(70(62)47-55)69-22-14-10-18-61(69)63-42-40-59(48-71(63)79)80(57-36-27-51(28-37-57)53-32-43-74-66(45-53)64-19-11-15-23-72(64)81-74)58-38-29-52(30-39-58)54-33-44-75-67(46-54)65-20-12-16-24-73(65)82-75/h9-49H,1-8H3. The zero-order valence-electron chi connectivity index (χ0n) is 47.9. The molecule has 0 saturated heterocycles. The molecule has 0 bridgehead atoms. The molecular weight excluding hydrogens is 995 g/mol. The molecule has 0 amide bonds. The van der Waals surface area contributed by atoms with Crippen molar-refractivity contribution in [1.82, 2.24) is 0 Å². The van der Waals surface area contributed by atoms with Crippen LogP contribution in [0.1, 0.15) is 83.2 Å². The maximum absolute atomic E-state index is 6.24. The normalized spacial score (nSPS) is 15.7. The van der Waals surface area contributed by atoms with E-state index < -0.39 is 5.41 Å². The van der Waals surface area contributed by atoms with Gasteiger partial charge in [-0.3, -0.25) is 0 Å². The topological polar surface area (TPSA) is 29.5 Å². The first-order valence-electron chi connectivity index (χ1n) is 29.1. The Hall–Kier alpha value is -9.18. The van der Waals surface area contributed by atoms with Gasteiger partial charge in [-0.15, -0.1) is 0 Å². The van der Waals surface area contributed by atoms with Crippen LogP contribution >= 0.6 is 0 Å². The van der Waals surface area contributed by atoms with Crippen LogP contribution in [0.3, 0.4) is 0 Å². The van der Waals surface area contributed by atoms with E-state index in [9.17, 15) is 0 Å². The van der Waals surface area contributed by atoms with Crippen LogP contribution in [0.4, 0.5) is 17.1 Å². The molecule has 3 heteroatoms. The molecule has 2 aliphatic carbocycles. The van der Waals surface area contributed by atoms with Gasteiger partial charge in [-0.25, -0.2) is 0 Å². The van der Waals surface area contributed by atoms with Crippen LogP contribution in [0, 0.1) is 16.7 Å². The average Bonchev–Trinajstić information content (AvgIpc) is 3.51. The molecule has 0 saturated carbocycles. The van der Waals surface area contributed by atoms with Crippen LogP contribution in [0.15, 0.2) is 251 Å². The van der Waals surface area contributed by atoms with Crippen molar-refractivity contribution in [2.24, 2.45) is 16.7 Å². The summed E-state index contributed by atoms with van der Waals surface area (Å²) in [5, 5.41) is 4.50. The minimum Gasteiger partial charge on any atom is -0.456 e. The molecule has 3 atom stereocenters. The molecule has 2 heterocycles.